The zero-order valence-electron chi connectivity index (χ0n) is 12.9. The van der Waals surface area contributed by atoms with E-state index >= 15 is 0 Å². The molecule has 0 aliphatic carbocycles. The van der Waals surface area contributed by atoms with E-state index in [1.807, 2.05) is 11.0 Å². The van der Waals surface area contributed by atoms with E-state index in [0.717, 1.165) is 38.3 Å². The number of aromatic nitrogens is 1. The molecule has 1 aromatic heterocycles. The summed E-state index contributed by atoms with van der Waals surface area (Å²) in [5.74, 6) is 0. The number of nitro benzene ring substituents is 1. The van der Waals surface area contributed by atoms with Crippen molar-refractivity contribution in [1.82, 2.24) is 9.88 Å². The molecule has 126 valence electrons. The molecule has 1 aliphatic rings. The maximum Gasteiger partial charge on any atom is 0.294 e. The highest BCUT2D eigenvalue weighted by molar-refractivity contribution is 6.31. The van der Waals surface area contributed by atoms with Gasteiger partial charge in [0.1, 0.15) is 10.8 Å². The summed E-state index contributed by atoms with van der Waals surface area (Å²) in [5.41, 5.74) is 1.78. The van der Waals surface area contributed by atoms with E-state index in [1.54, 1.807) is 24.4 Å². The van der Waals surface area contributed by atoms with Crippen LogP contribution in [-0.4, -0.2) is 41.0 Å². The van der Waals surface area contributed by atoms with E-state index < -0.39 is 0 Å². The smallest absolute Gasteiger partial charge is 0.294 e. The van der Waals surface area contributed by atoms with Gasteiger partial charge in [-0.15, -0.1) is 0 Å². The van der Waals surface area contributed by atoms with Crippen LogP contribution in [0.15, 0.2) is 36.5 Å². The van der Waals surface area contributed by atoms with Crippen molar-refractivity contribution in [2.75, 3.05) is 31.1 Å². The topological polar surface area (TPSA) is 62.5 Å². The number of benzene rings is 1. The second-order valence-electron chi connectivity index (χ2n) is 5.64. The second kappa shape index (κ2) is 7.34. The Labute approximate surface area is 149 Å². The molecule has 0 bridgehead atoms. The highest BCUT2D eigenvalue weighted by Gasteiger charge is 2.24. The lowest BCUT2D eigenvalue weighted by molar-refractivity contribution is -0.384. The fourth-order valence-corrected chi connectivity index (χ4v) is 3.09. The largest absolute Gasteiger partial charge is 0.363 e. The first-order chi connectivity index (χ1) is 11.5. The summed E-state index contributed by atoms with van der Waals surface area (Å²) in [4.78, 5) is 19.3. The lowest BCUT2D eigenvalue weighted by Gasteiger charge is -2.35. The Morgan fingerprint density at radius 3 is 2.50 bits per heavy atom. The Morgan fingerprint density at radius 1 is 1.12 bits per heavy atom. The molecule has 3 rings (SSSR count). The Bertz CT molecular complexity index is 731. The third kappa shape index (κ3) is 3.95. The Hall–Kier alpha value is -1.89. The Balaban J connectivity index is 1.65. The van der Waals surface area contributed by atoms with Crippen LogP contribution in [0.4, 0.5) is 11.4 Å². The Kier molecular flexibility index (Phi) is 5.18. The third-order valence-corrected chi connectivity index (χ3v) is 4.50. The molecule has 1 aromatic carbocycles. The molecule has 0 amide bonds. The quantitative estimate of drug-likeness (QED) is 0.469. The van der Waals surface area contributed by atoms with Crippen LogP contribution in [-0.2, 0) is 6.54 Å². The molecule has 0 unspecified atom stereocenters. The minimum atomic E-state index is -0.382. The standard InChI is InChI=1S/C16H16Cl2N4O2/c17-13-2-3-14(15(9-13)22(23)24)21-7-5-20(6-8-21)11-12-1-4-16(18)19-10-12/h1-4,9-10H,5-8,11H2. The maximum atomic E-state index is 11.2. The van der Waals surface area contributed by atoms with Crippen LogP contribution >= 0.6 is 23.2 Å². The van der Waals surface area contributed by atoms with Gasteiger partial charge in [0.25, 0.3) is 5.69 Å². The van der Waals surface area contributed by atoms with Crippen molar-refractivity contribution in [2.45, 2.75) is 6.54 Å². The minimum Gasteiger partial charge on any atom is -0.363 e. The van der Waals surface area contributed by atoms with Crippen LogP contribution in [0.2, 0.25) is 10.2 Å². The number of anilines is 1. The third-order valence-electron chi connectivity index (χ3n) is 4.04. The summed E-state index contributed by atoms with van der Waals surface area (Å²) in [5, 5.41) is 12.1. The number of rotatable bonds is 4. The van der Waals surface area contributed by atoms with E-state index in [4.69, 9.17) is 23.2 Å². The second-order valence-corrected chi connectivity index (χ2v) is 6.47. The Morgan fingerprint density at radius 2 is 1.88 bits per heavy atom. The van der Waals surface area contributed by atoms with Gasteiger partial charge in [-0.2, -0.15) is 0 Å². The van der Waals surface area contributed by atoms with Crippen LogP contribution in [0.1, 0.15) is 5.56 Å². The first-order valence-corrected chi connectivity index (χ1v) is 8.30. The van der Waals surface area contributed by atoms with Crippen LogP contribution in [0, 0.1) is 10.1 Å². The number of hydrogen-bond acceptors (Lipinski definition) is 5. The highest BCUT2D eigenvalue weighted by atomic mass is 35.5. The fraction of sp³-hybridized carbons (Fsp3) is 0.312. The molecule has 1 fully saturated rings. The summed E-state index contributed by atoms with van der Waals surface area (Å²) in [7, 11) is 0. The van der Waals surface area contributed by atoms with Crippen molar-refractivity contribution in [2.24, 2.45) is 0 Å². The van der Waals surface area contributed by atoms with Gasteiger partial charge < -0.3 is 4.90 Å². The lowest BCUT2D eigenvalue weighted by Crippen LogP contribution is -2.46. The molecule has 0 radical (unpaired) electrons. The molecule has 0 atom stereocenters. The predicted molar refractivity (Wildman–Crippen MR) is 94.8 cm³/mol. The zero-order chi connectivity index (χ0) is 17.1. The van der Waals surface area contributed by atoms with Gasteiger partial charge >= 0.3 is 0 Å². The van der Waals surface area contributed by atoms with Crippen molar-refractivity contribution in [1.29, 1.82) is 0 Å². The lowest BCUT2D eigenvalue weighted by atomic mass is 10.2. The summed E-state index contributed by atoms with van der Waals surface area (Å²) >= 11 is 11.7. The first kappa shape index (κ1) is 17.0. The molecular formula is C16H16Cl2N4O2. The fourth-order valence-electron chi connectivity index (χ4n) is 2.82. The van der Waals surface area contributed by atoms with Crippen molar-refractivity contribution < 1.29 is 4.92 Å². The van der Waals surface area contributed by atoms with Gasteiger partial charge in [-0.05, 0) is 23.8 Å². The molecule has 24 heavy (non-hydrogen) atoms. The van der Waals surface area contributed by atoms with Gasteiger partial charge in [0, 0.05) is 50.0 Å². The summed E-state index contributed by atoms with van der Waals surface area (Å²) < 4.78 is 0. The van der Waals surface area contributed by atoms with Crippen LogP contribution in [0.25, 0.3) is 0 Å². The predicted octanol–water partition coefficient (Wildman–Crippen LogP) is 3.62. The van der Waals surface area contributed by atoms with Gasteiger partial charge in [0.2, 0.25) is 0 Å². The molecular weight excluding hydrogens is 351 g/mol. The van der Waals surface area contributed by atoms with E-state index in [0.29, 0.717) is 15.9 Å². The van der Waals surface area contributed by atoms with Gasteiger partial charge in [-0.3, -0.25) is 15.0 Å². The number of halogens is 2. The van der Waals surface area contributed by atoms with Gasteiger partial charge in [-0.1, -0.05) is 29.3 Å². The first-order valence-electron chi connectivity index (χ1n) is 7.54. The minimum absolute atomic E-state index is 0.0536. The number of nitro groups is 1. The summed E-state index contributed by atoms with van der Waals surface area (Å²) in [6.07, 6.45) is 1.78. The molecule has 0 saturated carbocycles. The van der Waals surface area contributed by atoms with Crippen LogP contribution in [0.5, 0.6) is 0 Å². The number of hydrogen-bond donors (Lipinski definition) is 0. The summed E-state index contributed by atoms with van der Waals surface area (Å²) in [6.45, 7) is 3.89. The molecule has 6 nitrogen and oxygen atoms in total. The molecule has 0 N–H and O–H groups in total. The summed E-state index contributed by atoms with van der Waals surface area (Å²) in [6, 6.07) is 8.56. The van der Waals surface area contributed by atoms with Gasteiger partial charge in [0.05, 0.1) is 4.92 Å². The SMILES string of the molecule is O=[N+]([O-])c1cc(Cl)ccc1N1CCN(Cc2ccc(Cl)nc2)CC1. The van der Waals surface area contributed by atoms with E-state index in [1.165, 1.54) is 6.07 Å². The molecule has 2 aromatic rings. The molecule has 1 aliphatic heterocycles. The van der Waals surface area contributed by atoms with Crippen molar-refractivity contribution in [3.63, 3.8) is 0 Å². The zero-order valence-corrected chi connectivity index (χ0v) is 14.4. The number of pyridine rings is 1. The van der Waals surface area contributed by atoms with Crippen LogP contribution < -0.4 is 4.90 Å². The number of piperazine rings is 1. The average Bonchev–Trinajstić information content (AvgIpc) is 2.58. The molecule has 2 heterocycles. The van der Waals surface area contributed by atoms with E-state index in [-0.39, 0.29) is 10.6 Å². The van der Waals surface area contributed by atoms with Crippen LogP contribution in [0.3, 0.4) is 0 Å². The molecule has 0 spiro atoms. The van der Waals surface area contributed by atoms with Gasteiger partial charge in [-0.25, -0.2) is 4.98 Å². The molecule has 1 saturated heterocycles. The normalized spacial score (nSPS) is 15.5. The maximum absolute atomic E-state index is 11.2. The van der Waals surface area contributed by atoms with Gasteiger partial charge in [0.15, 0.2) is 0 Å². The average molecular weight is 367 g/mol. The van der Waals surface area contributed by atoms with E-state index in [9.17, 15) is 10.1 Å². The van der Waals surface area contributed by atoms with Crippen molar-refractivity contribution >= 4 is 34.6 Å². The monoisotopic (exact) mass is 366 g/mol. The molecule has 8 heteroatoms. The van der Waals surface area contributed by atoms with E-state index in [2.05, 4.69) is 9.88 Å². The van der Waals surface area contributed by atoms with Crippen molar-refractivity contribution in [3.05, 3.63) is 62.4 Å². The van der Waals surface area contributed by atoms with Crippen molar-refractivity contribution in [3.8, 4) is 0 Å². The highest BCUT2D eigenvalue weighted by Crippen LogP contribution is 2.31. The number of nitrogens with zero attached hydrogens (tertiary/aromatic N) is 4.